The second-order valence-corrected chi connectivity index (χ2v) is 7.11. The Hall–Kier alpha value is -0.130. The van der Waals surface area contributed by atoms with Gasteiger partial charge in [0.15, 0.2) is 0 Å². The molecule has 1 aromatic rings. The van der Waals surface area contributed by atoms with Crippen molar-refractivity contribution in [2.45, 2.75) is 25.4 Å². The van der Waals surface area contributed by atoms with E-state index in [-0.39, 0.29) is 0 Å². The zero-order valence-corrected chi connectivity index (χ0v) is 14.7. The lowest BCUT2D eigenvalue weighted by Gasteiger charge is -2.27. The van der Waals surface area contributed by atoms with Crippen molar-refractivity contribution in [3.05, 3.63) is 33.3 Å². The summed E-state index contributed by atoms with van der Waals surface area (Å²) in [5.74, 6) is 0.720. The first kappa shape index (κ1) is 17.2. The number of nitrogens with zero attached hydrogens (tertiary/aromatic N) is 1. The van der Waals surface area contributed by atoms with Crippen LogP contribution < -0.4 is 0 Å². The van der Waals surface area contributed by atoms with Gasteiger partial charge in [-0.2, -0.15) is 0 Å². The molecule has 1 unspecified atom stereocenters. The zero-order chi connectivity index (χ0) is 15.2. The van der Waals surface area contributed by atoms with Crippen LogP contribution in [0.25, 0.3) is 0 Å². The number of aliphatic hydroxyl groups is 1. The maximum absolute atomic E-state index is 10.3. The highest BCUT2D eigenvalue weighted by atomic mass is 79.9. The summed E-state index contributed by atoms with van der Waals surface area (Å²) >= 11 is 9.56. The second kappa shape index (κ2) is 8.49. The Morgan fingerprint density at radius 2 is 2.14 bits per heavy atom. The number of hydrogen-bond donors (Lipinski definition) is 1. The lowest BCUT2D eigenvalue weighted by atomic mass is 9.99. The van der Waals surface area contributed by atoms with Crippen molar-refractivity contribution in [2.75, 3.05) is 33.4 Å². The van der Waals surface area contributed by atoms with Crippen LogP contribution >= 0.6 is 27.5 Å². The van der Waals surface area contributed by atoms with Gasteiger partial charge in [0, 0.05) is 35.8 Å². The molecule has 0 radical (unpaired) electrons. The molecule has 21 heavy (non-hydrogen) atoms. The molecule has 0 amide bonds. The highest BCUT2D eigenvalue weighted by molar-refractivity contribution is 9.10. The standard InChI is InChI=1S/C16H23BrClNO2/c1-19(11-12-5-8-21-9-6-12)7-4-16(20)14-3-2-13(17)10-15(14)18/h2-3,10,12,16,20H,4-9,11H2,1H3. The number of hydrogen-bond acceptors (Lipinski definition) is 3. The zero-order valence-electron chi connectivity index (χ0n) is 12.4. The first-order valence-corrected chi connectivity index (χ1v) is 8.62. The van der Waals surface area contributed by atoms with E-state index in [1.165, 1.54) is 0 Å². The molecule has 3 nitrogen and oxygen atoms in total. The number of benzene rings is 1. The molecule has 1 aliphatic rings. The summed E-state index contributed by atoms with van der Waals surface area (Å²) in [4.78, 5) is 2.30. The van der Waals surface area contributed by atoms with Crippen molar-refractivity contribution in [2.24, 2.45) is 5.92 Å². The van der Waals surface area contributed by atoms with Crippen LogP contribution in [-0.4, -0.2) is 43.4 Å². The van der Waals surface area contributed by atoms with Crippen molar-refractivity contribution in [3.63, 3.8) is 0 Å². The molecule has 1 saturated heterocycles. The van der Waals surface area contributed by atoms with Gasteiger partial charge in [0.05, 0.1) is 6.10 Å². The summed E-state index contributed by atoms with van der Waals surface area (Å²) in [7, 11) is 2.12. The second-order valence-electron chi connectivity index (χ2n) is 5.79. The lowest BCUT2D eigenvalue weighted by molar-refractivity contribution is 0.0534. The number of ether oxygens (including phenoxy) is 1. The largest absolute Gasteiger partial charge is 0.388 e. The molecule has 0 aliphatic carbocycles. The van der Waals surface area contributed by atoms with Crippen molar-refractivity contribution < 1.29 is 9.84 Å². The van der Waals surface area contributed by atoms with Crippen LogP contribution in [-0.2, 0) is 4.74 Å². The van der Waals surface area contributed by atoms with Crippen LogP contribution in [0.1, 0.15) is 30.9 Å². The molecule has 0 saturated carbocycles. The Balaban J connectivity index is 1.78. The summed E-state index contributed by atoms with van der Waals surface area (Å²) in [5.41, 5.74) is 0.805. The molecule has 0 spiro atoms. The lowest BCUT2D eigenvalue weighted by Crippen LogP contribution is -2.30. The number of rotatable bonds is 6. The van der Waals surface area contributed by atoms with Gasteiger partial charge in [0.25, 0.3) is 0 Å². The van der Waals surface area contributed by atoms with E-state index < -0.39 is 6.10 Å². The average molecular weight is 377 g/mol. The van der Waals surface area contributed by atoms with Gasteiger partial charge in [-0.15, -0.1) is 0 Å². The molecule has 0 bridgehead atoms. The van der Waals surface area contributed by atoms with Crippen LogP contribution in [0.4, 0.5) is 0 Å². The van der Waals surface area contributed by atoms with E-state index in [1.54, 1.807) is 0 Å². The Kier molecular flexibility index (Phi) is 6.96. The molecule has 1 heterocycles. The molecular weight excluding hydrogens is 354 g/mol. The van der Waals surface area contributed by atoms with E-state index in [0.29, 0.717) is 11.4 Å². The summed E-state index contributed by atoms with van der Waals surface area (Å²) in [5, 5.41) is 10.9. The van der Waals surface area contributed by atoms with Crippen LogP contribution in [0.5, 0.6) is 0 Å². The monoisotopic (exact) mass is 375 g/mol. The highest BCUT2D eigenvalue weighted by Crippen LogP contribution is 2.28. The Bertz CT molecular complexity index is 452. The minimum absolute atomic E-state index is 0.511. The molecule has 1 aromatic carbocycles. The van der Waals surface area contributed by atoms with Crippen molar-refractivity contribution in [1.29, 1.82) is 0 Å². The Morgan fingerprint density at radius 1 is 1.43 bits per heavy atom. The number of aliphatic hydroxyl groups excluding tert-OH is 1. The van der Waals surface area contributed by atoms with Gasteiger partial charge >= 0.3 is 0 Å². The van der Waals surface area contributed by atoms with E-state index >= 15 is 0 Å². The van der Waals surface area contributed by atoms with Crippen LogP contribution in [0, 0.1) is 5.92 Å². The SMILES string of the molecule is CN(CCC(O)c1ccc(Br)cc1Cl)CC1CCOCC1. The first-order valence-electron chi connectivity index (χ1n) is 7.45. The summed E-state index contributed by atoms with van der Waals surface area (Å²) in [6.45, 7) is 3.71. The fourth-order valence-electron chi connectivity index (χ4n) is 2.73. The van der Waals surface area contributed by atoms with Crippen molar-refractivity contribution in [3.8, 4) is 0 Å². The van der Waals surface area contributed by atoms with Gasteiger partial charge in [-0.1, -0.05) is 33.6 Å². The van der Waals surface area contributed by atoms with Crippen molar-refractivity contribution >= 4 is 27.5 Å². The van der Waals surface area contributed by atoms with Gasteiger partial charge in [0.2, 0.25) is 0 Å². The third-order valence-corrected chi connectivity index (χ3v) is 4.84. The van der Waals surface area contributed by atoms with Crippen LogP contribution in [0.2, 0.25) is 5.02 Å². The Morgan fingerprint density at radius 3 is 2.81 bits per heavy atom. The van der Waals surface area contributed by atoms with Crippen LogP contribution in [0.15, 0.2) is 22.7 Å². The molecule has 0 aromatic heterocycles. The summed E-state index contributed by atoms with van der Waals surface area (Å²) in [6, 6.07) is 5.62. The molecule has 118 valence electrons. The molecular formula is C16H23BrClNO2. The summed E-state index contributed by atoms with van der Waals surface area (Å²) < 4.78 is 6.31. The van der Waals surface area contributed by atoms with Gasteiger partial charge in [-0.05, 0) is 49.9 Å². The van der Waals surface area contributed by atoms with Gasteiger partial charge < -0.3 is 14.7 Å². The van der Waals surface area contributed by atoms with E-state index in [2.05, 4.69) is 27.9 Å². The highest BCUT2D eigenvalue weighted by Gasteiger charge is 2.17. The van der Waals surface area contributed by atoms with Gasteiger partial charge in [-0.3, -0.25) is 0 Å². The maximum Gasteiger partial charge on any atom is 0.0816 e. The molecule has 1 N–H and O–H groups in total. The molecule has 1 aliphatic heterocycles. The maximum atomic E-state index is 10.3. The van der Waals surface area contributed by atoms with Crippen LogP contribution in [0.3, 0.4) is 0 Å². The molecule has 1 atom stereocenters. The smallest absolute Gasteiger partial charge is 0.0816 e. The van der Waals surface area contributed by atoms with E-state index in [1.807, 2.05) is 18.2 Å². The fourth-order valence-corrected chi connectivity index (χ4v) is 3.53. The predicted octanol–water partition coefficient (Wildman–Crippen LogP) is 3.88. The van der Waals surface area contributed by atoms with Gasteiger partial charge in [0.1, 0.15) is 0 Å². The third-order valence-electron chi connectivity index (χ3n) is 4.02. The third kappa shape index (κ3) is 5.53. The molecule has 1 fully saturated rings. The quantitative estimate of drug-likeness (QED) is 0.817. The molecule has 2 rings (SSSR count). The average Bonchev–Trinajstić information content (AvgIpc) is 2.46. The van der Waals surface area contributed by atoms with Crippen molar-refractivity contribution in [1.82, 2.24) is 4.90 Å². The minimum Gasteiger partial charge on any atom is -0.388 e. The number of halogens is 2. The Labute approximate surface area is 140 Å². The normalized spacial score (nSPS) is 18.1. The first-order chi connectivity index (χ1) is 10.1. The van der Waals surface area contributed by atoms with E-state index in [9.17, 15) is 5.11 Å². The van der Waals surface area contributed by atoms with E-state index in [4.69, 9.17) is 16.3 Å². The minimum atomic E-state index is -0.511. The fraction of sp³-hybridized carbons (Fsp3) is 0.625. The molecule has 5 heteroatoms. The predicted molar refractivity (Wildman–Crippen MR) is 89.8 cm³/mol. The van der Waals surface area contributed by atoms with E-state index in [0.717, 1.165) is 55.1 Å². The topological polar surface area (TPSA) is 32.7 Å². The van der Waals surface area contributed by atoms with Gasteiger partial charge in [-0.25, -0.2) is 0 Å². The summed E-state index contributed by atoms with van der Waals surface area (Å²) in [6.07, 6.45) is 2.47.